The molecule has 4 heteroatoms. The molecule has 1 aromatic heterocycles. The first-order chi connectivity index (χ1) is 9.97. The summed E-state index contributed by atoms with van der Waals surface area (Å²) < 4.78 is 14.5. The molecule has 0 bridgehead atoms. The number of aryl methyl sites for hydroxylation is 1. The predicted octanol–water partition coefficient (Wildman–Crippen LogP) is 3.67. The zero-order chi connectivity index (χ0) is 15.7. The molecule has 0 aromatic carbocycles. The summed E-state index contributed by atoms with van der Waals surface area (Å²) in [6.07, 6.45) is 4.10. The van der Waals surface area contributed by atoms with Crippen LogP contribution in [0.4, 0.5) is 0 Å². The van der Waals surface area contributed by atoms with Crippen LogP contribution >= 0.6 is 0 Å². The summed E-state index contributed by atoms with van der Waals surface area (Å²) in [5, 5.41) is 4.56. The molecular formula is C17H30N2O2. The third-order valence-corrected chi connectivity index (χ3v) is 4.75. The van der Waals surface area contributed by atoms with Crippen molar-refractivity contribution in [3.05, 3.63) is 17.5 Å². The molecule has 1 spiro atoms. The average Bonchev–Trinajstić information content (AvgIpc) is 2.83. The molecule has 2 aliphatic rings. The van der Waals surface area contributed by atoms with E-state index >= 15 is 0 Å². The molecule has 120 valence electrons. The molecule has 21 heavy (non-hydrogen) atoms. The van der Waals surface area contributed by atoms with E-state index in [1.165, 1.54) is 11.3 Å². The molecule has 1 aromatic rings. The minimum atomic E-state index is -0.278. The first kappa shape index (κ1) is 16.5. The van der Waals surface area contributed by atoms with Crippen molar-refractivity contribution in [2.24, 2.45) is 5.92 Å². The maximum absolute atomic E-state index is 6.64. The molecule has 0 saturated carbocycles. The SMILES string of the molecule is CC.Cc1cnn2c1C(C)(C(C)C)OC1(CCCOC1)C2. The molecule has 0 aliphatic carbocycles. The van der Waals surface area contributed by atoms with Crippen molar-refractivity contribution in [1.82, 2.24) is 9.78 Å². The maximum atomic E-state index is 6.64. The van der Waals surface area contributed by atoms with E-state index in [-0.39, 0.29) is 11.2 Å². The molecular weight excluding hydrogens is 264 g/mol. The first-order valence-corrected chi connectivity index (χ1v) is 8.28. The van der Waals surface area contributed by atoms with Gasteiger partial charge in [-0.1, -0.05) is 27.7 Å². The van der Waals surface area contributed by atoms with Gasteiger partial charge in [-0.15, -0.1) is 0 Å². The van der Waals surface area contributed by atoms with Crippen LogP contribution in [0.1, 0.15) is 58.7 Å². The fourth-order valence-electron chi connectivity index (χ4n) is 3.47. The Labute approximate surface area is 128 Å². The maximum Gasteiger partial charge on any atom is 0.112 e. The Morgan fingerprint density at radius 2 is 2.05 bits per heavy atom. The van der Waals surface area contributed by atoms with Gasteiger partial charge in [-0.2, -0.15) is 5.10 Å². The van der Waals surface area contributed by atoms with Crippen molar-refractivity contribution in [2.45, 2.75) is 72.1 Å². The lowest BCUT2D eigenvalue weighted by Crippen LogP contribution is -2.56. The Morgan fingerprint density at radius 1 is 1.33 bits per heavy atom. The summed E-state index contributed by atoms with van der Waals surface area (Å²) in [5.41, 5.74) is 1.99. The van der Waals surface area contributed by atoms with Crippen molar-refractivity contribution >= 4 is 0 Å². The van der Waals surface area contributed by atoms with Crippen LogP contribution in [0, 0.1) is 12.8 Å². The van der Waals surface area contributed by atoms with Gasteiger partial charge in [0, 0.05) is 6.61 Å². The van der Waals surface area contributed by atoms with Gasteiger partial charge in [0.1, 0.15) is 11.2 Å². The zero-order valence-corrected chi connectivity index (χ0v) is 14.4. The molecule has 0 amide bonds. The van der Waals surface area contributed by atoms with E-state index in [2.05, 4.69) is 37.5 Å². The topological polar surface area (TPSA) is 36.3 Å². The third kappa shape index (κ3) is 2.76. The van der Waals surface area contributed by atoms with E-state index in [1.54, 1.807) is 0 Å². The summed E-state index contributed by atoms with van der Waals surface area (Å²) in [6.45, 7) is 15.1. The van der Waals surface area contributed by atoms with Gasteiger partial charge in [0.2, 0.25) is 0 Å². The smallest absolute Gasteiger partial charge is 0.112 e. The number of ether oxygens (including phenoxy) is 2. The number of rotatable bonds is 1. The number of nitrogens with zero attached hydrogens (tertiary/aromatic N) is 2. The number of hydrogen-bond acceptors (Lipinski definition) is 3. The van der Waals surface area contributed by atoms with Crippen molar-refractivity contribution in [3.8, 4) is 0 Å². The molecule has 3 rings (SSSR count). The highest BCUT2D eigenvalue weighted by Gasteiger charge is 2.50. The Kier molecular flexibility index (Phi) is 4.79. The largest absolute Gasteiger partial charge is 0.378 e. The third-order valence-electron chi connectivity index (χ3n) is 4.75. The molecule has 2 aliphatic heterocycles. The minimum absolute atomic E-state index is 0.192. The number of hydrogen-bond donors (Lipinski definition) is 0. The van der Waals surface area contributed by atoms with Crippen LogP contribution in [0.5, 0.6) is 0 Å². The highest BCUT2D eigenvalue weighted by Crippen LogP contribution is 2.45. The summed E-state index contributed by atoms with van der Waals surface area (Å²) in [6, 6.07) is 0. The summed E-state index contributed by atoms with van der Waals surface area (Å²) in [5.74, 6) is 0.403. The van der Waals surface area contributed by atoms with Gasteiger partial charge >= 0.3 is 0 Å². The lowest BCUT2D eigenvalue weighted by molar-refractivity contribution is -0.239. The fourth-order valence-corrected chi connectivity index (χ4v) is 3.47. The van der Waals surface area contributed by atoms with E-state index in [0.29, 0.717) is 12.5 Å². The minimum Gasteiger partial charge on any atom is -0.378 e. The number of aromatic nitrogens is 2. The first-order valence-electron chi connectivity index (χ1n) is 8.28. The van der Waals surface area contributed by atoms with E-state index in [1.807, 2.05) is 20.0 Å². The van der Waals surface area contributed by atoms with Gasteiger partial charge in [-0.3, -0.25) is 4.68 Å². The van der Waals surface area contributed by atoms with Crippen LogP contribution in [0.2, 0.25) is 0 Å². The van der Waals surface area contributed by atoms with Crippen LogP contribution in [-0.2, 0) is 21.6 Å². The van der Waals surface area contributed by atoms with Crippen LogP contribution in [0.3, 0.4) is 0 Å². The van der Waals surface area contributed by atoms with Gasteiger partial charge in [-0.05, 0) is 38.2 Å². The quantitative estimate of drug-likeness (QED) is 0.793. The zero-order valence-electron chi connectivity index (χ0n) is 14.4. The van der Waals surface area contributed by atoms with Gasteiger partial charge in [0.15, 0.2) is 0 Å². The lowest BCUT2D eigenvalue weighted by Gasteiger charge is -2.50. The highest BCUT2D eigenvalue weighted by atomic mass is 16.6. The van der Waals surface area contributed by atoms with Crippen molar-refractivity contribution in [3.63, 3.8) is 0 Å². The molecule has 1 fully saturated rings. The van der Waals surface area contributed by atoms with Crippen LogP contribution in [-0.4, -0.2) is 28.6 Å². The summed E-state index contributed by atoms with van der Waals surface area (Å²) in [7, 11) is 0. The normalized spacial score (nSPS) is 31.8. The van der Waals surface area contributed by atoms with E-state index in [4.69, 9.17) is 9.47 Å². The van der Waals surface area contributed by atoms with Gasteiger partial charge in [0.25, 0.3) is 0 Å². The Balaban J connectivity index is 0.000000774. The highest BCUT2D eigenvalue weighted by molar-refractivity contribution is 5.25. The molecule has 1 saturated heterocycles. The van der Waals surface area contributed by atoms with Crippen LogP contribution in [0.15, 0.2) is 6.20 Å². The van der Waals surface area contributed by atoms with Crippen molar-refractivity contribution < 1.29 is 9.47 Å². The predicted molar refractivity (Wildman–Crippen MR) is 84.4 cm³/mol. The molecule has 2 unspecified atom stereocenters. The molecule has 0 N–H and O–H groups in total. The molecule has 0 radical (unpaired) electrons. The van der Waals surface area contributed by atoms with Crippen LogP contribution in [0.25, 0.3) is 0 Å². The van der Waals surface area contributed by atoms with Crippen molar-refractivity contribution in [2.75, 3.05) is 13.2 Å². The summed E-state index contributed by atoms with van der Waals surface area (Å²) in [4.78, 5) is 0. The Bertz CT molecular complexity index is 475. The second-order valence-corrected chi connectivity index (χ2v) is 6.54. The summed E-state index contributed by atoms with van der Waals surface area (Å²) >= 11 is 0. The standard InChI is InChI=1S/C15H24N2O2.C2H6/c1-11(2)14(4)13-12(3)8-16-17(13)9-15(19-14)6-5-7-18-10-15;1-2/h8,11H,5-7,9-10H2,1-4H3;1-2H3. The van der Waals surface area contributed by atoms with E-state index in [0.717, 1.165) is 26.0 Å². The van der Waals surface area contributed by atoms with Gasteiger partial charge in [-0.25, -0.2) is 0 Å². The van der Waals surface area contributed by atoms with E-state index < -0.39 is 0 Å². The second kappa shape index (κ2) is 6.09. The fraction of sp³-hybridized carbons (Fsp3) is 0.824. The second-order valence-electron chi connectivity index (χ2n) is 6.54. The van der Waals surface area contributed by atoms with Gasteiger partial charge in [0.05, 0.1) is 25.0 Å². The van der Waals surface area contributed by atoms with E-state index in [9.17, 15) is 0 Å². The lowest BCUT2D eigenvalue weighted by atomic mass is 9.82. The van der Waals surface area contributed by atoms with Gasteiger partial charge < -0.3 is 9.47 Å². The molecule has 4 nitrogen and oxygen atoms in total. The number of fused-ring (bicyclic) bond motifs is 1. The molecule has 3 heterocycles. The monoisotopic (exact) mass is 294 g/mol. The van der Waals surface area contributed by atoms with Crippen LogP contribution < -0.4 is 0 Å². The molecule has 2 atom stereocenters. The Hall–Kier alpha value is -0.870. The Morgan fingerprint density at radius 3 is 2.62 bits per heavy atom. The average molecular weight is 294 g/mol. The van der Waals surface area contributed by atoms with Crippen molar-refractivity contribution in [1.29, 1.82) is 0 Å².